The highest BCUT2D eigenvalue weighted by molar-refractivity contribution is 6.06. The third-order valence-electron chi connectivity index (χ3n) is 8.71. The van der Waals surface area contributed by atoms with Gasteiger partial charge < -0.3 is 23.8 Å². The van der Waals surface area contributed by atoms with E-state index < -0.39 is 0 Å². The summed E-state index contributed by atoms with van der Waals surface area (Å²) in [6, 6.07) is 21.6. The van der Waals surface area contributed by atoms with Crippen LogP contribution in [0.5, 0.6) is 23.0 Å². The van der Waals surface area contributed by atoms with E-state index in [0.717, 1.165) is 64.9 Å². The Kier molecular flexibility index (Phi) is 8.73. The lowest BCUT2D eigenvalue weighted by Gasteiger charge is -2.42. The van der Waals surface area contributed by atoms with Crippen molar-refractivity contribution in [2.45, 2.75) is 64.6 Å². The average molecular weight is 594 g/mol. The molecule has 228 valence electrons. The topological polar surface area (TPSA) is 74.3 Å². The van der Waals surface area contributed by atoms with E-state index in [-0.39, 0.29) is 17.5 Å². The zero-order valence-electron chi connectivity index (χ0n) is 25.7. The molecule has 0 radical (unpaired) electrons. The first kappa shape index (κ1) is 29.5. The standard InChI is InChI=1S/C37H39NO6/c1-4-42-34-20-25(16-18-32(34)43-22-24-10-6-5-7-11-24)23-44-31-19-17-26(21-33(31)41-3)35-36-27(12-8-14-29(36)39)38(2)28-13-9-15-30(40)37(28)35/h5-7,10-11,16-21,35H,4,8-9,12-15,22-23H2,1-3H3. The maximum absolute atomic E-state index is 13.3. The van der Waals surface area contributed by atoms with Crippen molar-refractivity contribution in [1.82, 2.24) is 4.90 Å². The summed E-state index contributed by atoms with van der Waals surface area (Å²) in [5.74, 6) is 2.37. The smallest absolute Gasteiger partial charge is 0.161 e. The lowest BCUT2D eigenvalue weighted by Crippen LogP contribution is -2.37. The number of nitrogens with zero attached hydrogens (tertiary/aromatic N) is 1. The lowest BCUT2D eigenvalue weighted by molar-refractivity contribution is -0.117. The monoisotopic (exact) mass is 593 g/mol. The number of methoxy groups -OCH3 is 1. The van der Waals surface area contributed by atoms with Gasteiger partial charge in [0.15, 0.2) is 34.6 Å². The van der Waals surface area contributed by atoms with Crippen LogP contribution in [0.3, 0.4) is 0 Å². The molecule has 7 nitrogen and oxygen atoms in total. The maximum atomic E-state index is 13.3. The molecule has 0 unspecified atom stereocenters. The molecule has 0 N–H and O–H groups in total. The zero-order chi connectivity index (χ0) is 30.6. The number of ether oxygens (including phenoxy) is 4. The van der Waals surface area contributed by atoms with Crippen LogP contribution in [0.15, 0.2) is 89.3 Å². The normalized spacial score (nSPS) is 16.9. The number of ketones is 2. The number of benzene rings is 3. The SMILES string of the molecule is CCOc1cc(COc2ccc(C3C4=C(CCCC4=O)N(C)C4=C3C(=O)CCC4)cc2OC)ccc1OCc1ccccc1. The summed E-state index contributed by atoms with van der Waals surface area (Å²) in [5, 5.41) is 0. The van der Waals surface area contributed by atoms with E-state index in [0.29, 0.717) is 55.7 Å². The fraction of sp³-hybridized carbons (Fsp3) is 0.351. The van der Waals surface area contributed by atoms with Crippen LogP contribution in [-0.2, 0) is 22.8 Å². The van der Waals surface area contributed by atoms with Gasteiger partial charge >= 0.3 is 0 Å². The van der Waals surface area contributed by atoms with Crippen LogP contribution in [0.25, 0.3) is 0 Å². The summed E-state index contributed by atoms with van der Waals surface area (Å²) in [5.41, 5.74) is 6.53. The molecular weight excluding hydrogens is 554 g/mol. The van der Waals surface area contributed by atoms with Crippen molar-refractivity contribution >= 4 is 11.6 Å². The molecule has 0 amide bonds. The van der Waals surface area contributed by atoms with Crippen molar-refractivity contribution in [3.8, 4) is 23.0 Å². The highest BCUT2D eigenvalue weighted by Crippen LogP contribution is 2.49. The van der Waals surface area contributed by atoms with E-state index in [1.54, 1.807) is 7.11 Å². The number of carbonyl (C=O) groups excluding carboxylic acids is 2. The molecule has 44 heavy (non-hydrogen) atoms. The molecule has 6 rings (SSSR count). The first-order valence-electron chi connectivity index (χ1n) is 15.5. The summed E-state index contributed by atoms with van der Waals surface area (Å²) in [7, 11) is 3.62. The number of carbonyl (C=O) groups is 2. The minimum atomic E-state index is -0.378. The third kappa shape index (κ3) is 5.83. The van der Waals surface area contributed by atoms with Crippen LogP contribution in [0, 0.1) is 0 Å². The Morgan fingerprint density at radius 3 is 1.93 bits per heavy atom. The van der Waals surface area contributed by atoms with Crippen LogP contribution >= 0.6 is 0 Å². The van der Waals surface area contributed by atoms with Gasteiger partial charge in [-0.3, -0.25) is 9.59 Å². The van der Waals surface area contributed by atoms with Crippen molar-refractivity contribution in [3.05, 3.63) is 106 Å². The molecule has 0 aromatic heterocycles. The summed E-state index contributed by atoms with van der Waals surface area (Å²) in [6.45, 7) is 3.20. The molecule has 0 saturated heterocycles. The minimum absolute atomic E-state index is 0.133. The molecule has 0 atom stereocenters. The van der Waals surface area contributed by atoms with E-state index in [9.17, 15) is 9.59 Å². The Hall–Kier alpha value is -4.52. The molecule has 3 aromatic carbocycles. The summed E-state index contributed by atoms with van der Waals surface area (Å²) in [6.07, 6.45) is 4.39. The quantitative estimate of drug-likeness (QED) is 0.244. The molecule has 2 aliphatic carbocycles. The number of hydrogen-bond acceptors (Lipinski definition) is 7. The Bertz CT molecular complexity index is 1580. The van der Waals surface area contributed by atoms with E-state index >= 15 is 0 Å². The van der Waals surface area contributed by atoms with Gasteiger partial charge in [0.05, 0.1) is 13.7 Å². The van der Waals surface area contributed by atoms with Crippen LogP contribution in [0.1, 0.15) is 68.1 Å². The van der Waals surface area contributed by atoms with Gasteiger partial charge in [-0.25, -0.2) is 0 Å². The highest BCUT2D eigenvalue weighted by atomic mass is 16.5. The Balaban J connectivity index is 1.24. The van der Waals surface area contributed by atoms with Crippen molar-refractivity contribution in [3.63, 3.8) is 0 Å². The predicted molar refractivity (Wildman–Crippen MR) is 168 cm³/mol. The van der Waals surface area contributed by atoms with Crippen molar-refractivity contribution in [1.29, 1.82) is 0 Å². The second kappa shape index (κ2) is 13.0. The number of allylic oxidation sites excluding steroid dienone is 4. The van der Waals surface area contributed by atoms with Crippen molar-refractivity contribution in [2.75, 3.05) is 20.8 Å². The molecule has 0 fully saturated rings. The fourth-order valence-electron chi connectivity index (χ4n) is 6.60. The number of hydrogen-bond donors (Lipinski definition) is 0. The van der Waals surface area contributed by atoms with E-state index in [4.69, 9.17) is 18.9 Å². The highest BCUT2D eigenvalue weighted by Gasteiger charge is 2.42. The van der Waals surface area contributed by atoms with E-state index in [1.165, 1.54) is 0 Å². The van der Waals surface area contributed by atoms with Crippen molar-refractivity contribution < 1.29 is 28.5 Å². The van der Waals surface area contributed by atoms with Gasteiger partial charge in [0.2, 0.25) is 0 Å². The van der Waals surface area contributed by atoms with Gasteiger partial charge in [-0.05, 0) is 73.6 Å². The first-order valence-corrected chi connectivity index (χ1v) is 15.5. The molecule has 3 aromatic rings. The van der Waals surface area contributed by atoms with Crippen LogP contribution < -0.4 is 18.9 Å². The number of Topliss-reactive ketones (excluding diaryl/α,β-unsaturated/α-hetero) is 2. The van der Waals surface area contributed by atoms with Gasteiger partial charge in [-0.15, -0.1) is 0 Å². The Morgan fingerprint density at radius 2 is 1.30 bits per heavy atom. The first-order chi connectivity index (χ1) is 21.5. The van der Waals surface area contributed by atoms with Crippen LogP contribution in [0.2, 0.25) is 0 Å². The molecule has 3 aliphatic rings. The number of rotatable bonds is 10. The summed E-state index contributed by atoms with van der Waals surface area (Å²) < 4.78 is 24.0. The Labute approximate surface area is 259 Å². The Morgan fingerprint density at radius 1 is 0.682 bits per heavy atom. The second-order valence-corrected chi connectivity index (χ2v) is 11.5. The molecule has 1 heterocycles. The molecular formula is C37H39NO6. The average Bonchev–Trinajstić information content (AvgIpc) is 3.05. The van der Waals surface area contributed by atoms with Gasteiger partial charge in [-0.1, -0.05) is 42.5 Å². The largest absolute Gasteiger partial charge is 0.493 e. The van der Waals surface area contributed by atoms with E-state index in [1.807, 2.05) is 80.7 Å². The molecule has 1 aliphatic heterocycles. The van der Waals surface area contributed by atoms with Gasteiger partial charge in [-0.2, -0.15) is 0 Å². The van der Waals surface area contributed by atoms with E-state index in [2.05, 4.69) is 4.90 Å². The molecule has 0 spiro atoms. The summed E-state index contributed by atoms with van der Waals surface area (Å²) in [4.78, 5) is 28.8. The molecule has 7 heteroatoms. The van der Waals surface area contributed by atoms with Crippen LogP contribution in [-0.4, -0.2) is 37.2 Å². The van der Waals surface area contributed by atoms with Gasteiger partial charge in [0, 0.05) is 48.3 Å². The summed E-state index contributed by atoms with van der Waals surface area (Å²) >= 11 is 0. The predicted octanol–water partition coefficient (Wildman–Crippen LogP) is 7.30. The van der Waals surface area contributed by atoms with Crippen molar-refractivity contribution in [2.24, 2.45) is 0 Å². The minimum Gasteiger partial charge on any atom is -0.493 e. The molecule has 0 bridgehead atoms. The molecule has 0 saturated carbocycles. The van der Waals surface area contributed by atoms with Gasteiger partial charge in [0.1, 0.15) is 13.2 Å². The fourth-order valence-corrected chi connectivity index (χ4v) is 6.60. The zero-order valence-corrected chi connectivity index (χ0v) is 25.7. The third-order valence-corrected chi connectivity index (χ3v) is 8.71. The second-order valence-electron chi connectivity index (χ2n) is 11.5. The lowest BCUT2D eigenvalue weighted by atomic mass is 9.71. The van der Waals surface area contributed by atoms with Crippen LogP contribution in [0.4, 0.5) is 0 Å². The maximum Gasteiger partial charge on any atom is 0.161 e. The van der Waals surface area contributed by atoms with Gasteiger partial charge in [0.25, 0.3) is 0 Å².